The third-order valence-electron chi connectivity index (χ3n) is 3.65. The van der Waals surface area contributed by atoms with Gasteiger partial charge in [-0.15, -0.1) is 0 Å². The van der Waals surface area contributed by atoms with Crippen molar-refractivity contribution < 1.29 is 9.26 Å². The molecular weight excluding hydrogens is 340 g/mol. The van der Waals surface area contributed by atoms with Gasteiger partial charge in [-0.2, -0.15) is 0 Å². The number of benzene rings is 1. The van der Waals surface area contributed by atoms with E-state index in [2.05, 4.69) is 29.3 Å². The van der Waals surface area contributed by atoms with Crippen LogP contribution in [0.25, 0.3) is 0 Å². The van der Waals surface area contributed by atoms with Crippen molar-refractivity contribution in [2.24, 2.45) is 4.99 Å². The van der Waals surface area contributed by atoms with Crippen LogP contribution >= 0.6 is 11.6 Å². The molecule has 0 unspecified atom stereocenters. The molecular formula is C18H25ClN4O2. The second-order valence-corrected chi connectivity index (χ2v) is 6.44. The molecule has 1 heterocycles. The normalized spacial score (nSPS) is 11.7. The summed E-state index contributed by atoms with van der Waals surface area (Å²) in [6.45, 7) is 5.91. The fourth-order valence-corrected chi connectivity index (χ4v) is 2.38. The fourth-order valence-electron chi connectivity index (χ4n) is 2.20. The summed E-state index contributed by atoms with van der Waals surface area (Å²) in [6.07, 6.45) is 0. The number of nitrogens with one attached hydrogen (secondary N) is 1. The lowest BCUT2D eigenvalue weighted by atomic mass is 10.1. The lowest BCUT2D eigenvalue weighted by Gasteiger charge is -2.21. The van der Waals surface area contributed by atoms with Gasteiger partial charge in [0.25, 0.3) is 0 Å². The molecule has 0 saturated heterocycles. The summed E-state index contributed by atoms with van der Waals surface area (Å²) in [5.41, 5.74) is 0.954. The topological polar surface area (TPSA) is 62.9 Å². The molecule has 0 aliphatic rings. The summed E-state index contributed by atoms with van der Waals surface area (Å²) in [4.78, 5) is 6.27. The van der Waals surface area contributed by atoms with Crippen LogP contribution < -0.4 is 10.1 Å². The number of rotatable bonds is 7. The molecule has 0 amide bonds. The number of guanidine groups is 1. The van der Waals surface area contributed by atoms with Crippen molar-refractivity contribution in [1.82, 2.24) is 15.4 Å². The number of hydrogen-bond acceptors (Lipinski definition) is 4. The molecule has 0 saturated carbocycles. The molecule has 0 aliphatic carbocycles. The molecule has 1 aromatic carbocycles. The summed E-state index contributed by atoms with van der Waals surface area (Å²) in [5, 5.41) is 7.98. The molecule has 0 fully saturated rings. The summed E-state index contributed by atoms with van der Waals surface area (Å²) < 4.78 is 11.0. The number of hydrogen-bond donors (Lipinski definition) is 1. The van der Waals surface area contributed by atoms with Crippen LogP contribution in [0.5, 0.6) is 5.75 Å². The zero-order valence-electron chi connectivity index (χ0n) is 15.1. The van der Waals surface area contributed by atoms with E-state index in [0.717, 1.165) is 23.2 Å². The third-order valence-corrected chi connectivity index (χ3v) is 3.89. The average Bonchev–Trinajstić information content (AvgIpc) is 3.05. The largest absolute Gasteiger partial charge is 0.492 e. The van der Waals surface area contributed by atoms with Gasteiger partial charge < -0.3 is 19.5 Å². The molecule has 2 rings (SSSR count). The van der Waals surface area contributed by atoms with E-state index >= 15 is 0 Å². The highest BCUT2D eigenvalue weighted by Gasteiger charge is 2.10. The highest BCUT2D eigenvalue weighted by molar-refractivity contribution is 6.30. The molecule has 7 heteroatoms. The molecule has 0 spiro atoms. The molecule has 2 aromatic rings. The van der Waals surface area contributed by atoms with Crippen molar-refractivity contribution in [2.45, 2.75) is 26.3 Å². The first-order valence-corrected chi connectivity index (χ1v) is 8.63. The van der Waals surface area contributed by atoms with Gasteiger partial charge in [0.05, 0.1) is 18.8 Å². The van der Waals surface area contributed by atoms with Crippen LogP contribution in [-0.2, 0) is 6.54 Å². The Balaban J connectivity index is 1.78. The van der Waals surface area contributed by atoms with Crippen molar-refractivity contribution in [3.63, 3.8) is 0 Å². The highest BCUT2D eigenvalue weighted by atomic mass is 35.5. The molecule has 25 heavy (non-hydrogen) atoms. The Bertz CT molecular complexity index is 700. The number of aromatic nitrogens is 1. The molecule has 136 valence electrons. The molecule has 1 aromatic heterocycles. The van der Waals surface area contributed by atoms with Crippen LogP contribution in [0.3, 0.4) is 0 Å². The zero-order chi connectivity index (χ0) is 18.2. The van der Waals surface area contributed by atoms with E-state index in [9.17, 15) is 0 Å². The lowest BCUT2D eigenvalue weighted by molar-refractivity contribution is 0.280. The van der Waals surface area contributed by atoms with E-state index in [1.54, 1.807) is 13.1 Å². The van der Waals surface area contributed by atoms with Crippen molar-refractivity contribution in [3.05, 3.63) is 46.8 Å². The van der Waals surface area contributed by atoms with Crippen LogP contribution in [0.15, 0.2) is 39.8 Å². The van der Waals surface area contributed by atoms with Gasteiger partial charge in [0.1, 0.15) is 12.4 Å². The first-order chi connectivity index (χ1) is 12.0. The SMILES string of the molecule is CN=C(NCc1cc(C(C)C)no1)N(C)CCOc1cccc(Cl)c1. The van der Waals surface area contributed by atoms with E-state index in [-0.39, 0.29) is 0 Å². The molecule has 0 aliphatic heterocycles. The van der Waals surface area contributed by atoms with Gasteiger partial charge in [-0.25, -0.2) is 0 Å². The smallest absolute Gasteiger partial charge is 0.193 e. The van der Waals surface area contributed by atoms with Crippen LogP contribution in [0, 0.1) is 0 Å². The van der Waals surface area contributed by atoms with Crippen molar-refractivity contribution in [2.75, 3.05) is 27.2 Å². The number of ether oxygens (including phenoxy) is 1. The van der Waals surface area contributed by atoms with Gasteiger partial charge >= 0.3 is 0 Å². The Morgan fingerprint density at radius 3 is 2.84 bits per heavy atom. The average molecular weight is 365 g/mol. The molecule has 1 N–H and O–H groups in total. The summed E-state index contributed by atoms with van der Waals surface area (Å²) in [5.74, 6) is 2.65. The Morgan fingerprint density at radius 1 is 1.40 bits per heavy atom. The highest BCUT2D eigenvalue weighted by Crippen LogP contribution is 2.17. The van der Waals surface area contributed by atoms with Crippen molar-refractivity contribution in [1.29, 1.82) is 0 Å². The summed E-state index contributed by atoms with van der Waals surface area (Å²) in [7, 11) is 3.70. The molecule has 6 nitrogen and oxygen atoms in total. The predicted octanol–water partition coefficient (Wildman–Crippen LogP) is 3.54. The van der Waals surface area contributed by atoms with Gasteiger partial charge in [-0.1, -0.05) is 36.7 Å². The first kappa shape index (κ1) is 19.1. The Hall–Kier alpha value is -2.21. The number of aliphatic imine (C=N–C) groups is 1. The quantitative estimate of drug-likeness (QED) is 0.601. The van der Waals surface area contributed by atoms with E-state index < -0.39 is 0 Å². The molecule has 0 atom stereocenters. The van der Waals surface area contributed by atoms with Crippen LogP contribution in [0.2, 0.25) is 5.02 Å². The Morgan fingerprint density at radius 2 is 2.20 bits per heavy atom. The minimum atomic E-state index is 0.350. The predicted molar refractivity (Wildman–Crippen MR) is 100 cm³/mol. The van der Waals surface area contributed by atoms with Crippen LogP contribution in [-0.4, -0.2) is 43.3 Å². The monoisotopic (exact) mass is 364 g/mol. The van der Waals surface area contributed by atoms with Crippen molar-refractivity contribution >= 4 is 17.6 Å². The zero-order valence-corrected chi connectivity index (χ0v) is 15.9. The van der Waals surface area contributed by atoms with Gasteiger partial charge in [0, 0.05) is 25.2 Å². The maximum Gasteiger partial charge on any atom is 0.193 e. The first-order valence-electron chi connectivity index (χ1n) is 8.25. The third kappa shape index (κ3) is 5.98. The lowest BCUT2D eigenvalue weighted by Crippen LogP contribution is -2.40. The van der Waals surface area contributed by atoms with E-state index in [1.807, 2.05) is 36.2 Å². The standard InChI is InChI=1S/C18H25ClN4O2/c1-13(2)17-11-16(25-22-17)12-21-18(20-3)23(4)8-9-24-15-7-5-6-14(19)10-15/h5-7,10-11,13H,8-9,12H2,1-4H3,(H,20,21). The van der Waals surface area contributed by atoms with Gasteiger partial charge in [0.2, 0.25) is 0 Å². The van der Waals surface area contributed by atoms with Gasteiger partial charge in [0.15, 0.2) is 11.7 Å². The van der Waals surface area contributed by atoms with Gasteiger partial charge in [-0.3, -0.25) is 4.99 Å². The van der Waals surface area contributed by atoms with E-state index in [0.29, 0.717) is 30.6 Å². The maximum absolute atomic E-state index is 5.95. The molecule has 0 radical (unpaired) electrons. The maximum atomic E-state index is 5.95. The fraction of sp³-hybridized carbons (Fsp3) is 0.444. The molecule has 0 bridgehead atoms. The second-order valence-electron chi connectivity index (χ2n) is 6.00. The summed E-state index contributed by atoms with van der Waals surface area (Å²) in [6, 6.07) is 9.33. The van der Waals surface area contributed by atoms with Gasteiger partial charge in [-0.05, 0) is 24.1 Å². The second kappa shape index (κ2) is 9.32. The number of likely N-dealkylation sites (N-methyl/N-ethyl adjacent to an activating group) is 1. The Kier molecular flexibility index (Phi) is 7.13. The summed E-state index contributed by atoms with van der Waals surface area (Å²) >= 11 is 5.95. The minimum absolute atomic E-state index is 0.350. The van der Waals surface area contributed by atoms with Crippen LogP contribution in [0.1, 0.15) is 31.2 Å². The van der Waals surface area contributed by atoms with Crippen molar-refractivity contribution in [3.8, 4) is 5.75 Å². The van der Waals surface area contributed by atoms with E-state index in [1.165, 1.54) is 0 Å². The Labute approximate surface area is 153 Å². The van der Waals surface area contributed by atoms with Crippen LogP contribution in [0.4, 0.5) is 0 Å². The number of nitrogens with zero attached hydrogens (tertiary/aromatic N) is 3. The minimum Gasteiger partial charge on any atom is -0.492 e. The number of halogens is 1. The van der Waals surface area contributed by atoms with E-state index in [4.69, 9.17) is 20.9 Å².